The highest BCUT2D eigenvalue weighted by molar-refractivity contribution is 7.85. The molecule has 0 aliphatic rings. The molecule has 0 aliphatic heterocycles. The van der Waals surface area contributed by atoms with E-state index < -0.39 is 27.9 Å². The van der Waals surface area contributed by atoms with Crippen molar-refractivity contribution in [3.63, 3.8) is 0 Å². The molecule has 0 saturated carbocycles. The van der Waals surface area contributed by atoms with Crippen LogP contribution in [0.1, 0.15) is 18.4 Å². The summed E-state index contributed by atoms with van der Waals surface area (Å²) in [5, 5.41) is 0. The summed E-state index contributed by atoms with van der Waals surface area (Å²) >= 11 is 0. The van der Waals surface area contributed by atoms with Crippen molar-refractivity contribution in [2.24, 2.45) is 5.73 Å². The number of hydrogen-bond acceptors (Lipinski definition) is 5. The summed E-state index contributed by atoms with van der Waals surface area (Å²) < 4.78 is 34.5. The average Bonchev–Trinajstić information content (AvgIpc) is 2.35. The van der Waals surface area contributed by atoms with Crippen LogP contribution >= 0.6 is 0 Å². The van der Waals surface area contributed by atoms with E-state index in [4.69, 9.17) is 15.0 Å². The van der Waals surface area contributed by atoms with Crippen LogP contribution in [0.25, 0.3) is 0 Å². The van der Waals surface area contributed by atoms with Gasteiger partial charge in [-0.15, -0.1) is 0 Å². The molecule has 1 aromatic carbocycles. The molecule has 19 heavy (non-hydrogen) atoms. The molecule has 0 saturated heterocycles. The Labute approximate surface area is 112 Å². The SMILES string of the molecule is NC(CCCS(=O)(=O)O)C(=O)OCc1ccccc1. The van der Waals surface area contributed by atoms with Gasteiger partial charge in [0.1, 0.15) is 12.6 Å². The maximum absolute atomic E-state index is 11.5. The molecule has 0 spiro atoms. The second kappa shape index (κ2) is 7.22. The standard InChI is InChI=1S/C12H17NO5S/c13-11(7-4-8-19(15,16)17)12(14)18-9-10-5-2-1-3-6-10/h1-3,5-6,11H,4,7-9,13H2,(H,15,16,17). The molecule has 1 atom stereocenters. The lowest BCUT2D eigenvalue weighted by Gasteiger charge is -2.11. The molecule has 6 nitrogen and oxygen atoms in total. The normalized spacial score (nSPS) is 12.9. The van der Waals surface area contributed by atoms with Crippen molar-refractivity contribution in [1.82, 2.24) is 0 Å². The van der Waals surface area contributed by atoms with Gasteiger partial charge in [0.25, 0.3) is 10.1 Å². The Morgan fingerprint density at radius 1 is 1.32 bits per heavy atom. The van der Waals surface area contributed by atoms with Crippen molar-refractivity contribution in [3.05, 3.63) is 35.9 Å². The number of ether oxygens (including phenoxy) is 1. The van der Waals surface area contributed by atoms with E-state index in [1.807, 2.05) is 30.3 Å². The third kappa shape index (κ3) is 6.90. The molecule has 0 aromatic heterocycles. The quantitative estimate of drug-likeness (QED) is 0.565. The van der Waals surface area contributed by atoms with Crippen LogP contribution in [0, 0.1) is 0 Å². The number of rotatable bonds is 7. The molecule has 0 amide bonds. The minimum atomic E-state index is -4.01. The summed E-state index contributed by atoms with van der Waals surface area (Å²) in [6.07, 6.45) is 0.258. The van der Waals surface area contributed by atoms with Crippen molar-refractivity contribution in [3.8, 4) is 0 Å². The van der Waals surface area contributed by atoms with Crippen LogP contribution in [-0.4, -0.2) is 30.7 Å². The van der Waals surface area contributed by atoms with Gasteiger partial charge in [0.15, 0.2) is 0 Å². The highest BCUT2D eigenvalue weighted by Crippen LogP contribution is 2.04. The van der Waals surface area contributed by atoms with E-state index in [-0.39, 0.29) is 19.4 Å². The molecule has 1 rings (SSSR count). The van der Waals surface area contributed by atoms with Gasteiger partial charge in [-0.25, -0.2) is 0 Å². The fraction of sp³-hybridized carbons (Fsp3) is 0.417. The van der Waals surface area contributed by atoms with Gasteiger partial charge in [0, 0.05) is 0 Å². The van der Waals surface area contributed by atoms with E-state index in [0.717, 1.165) is 5.56 Å². The summed E-state index contributed by atoms with van der Waals surface area (Å²) in [6, 6.07) is 8.26. The maximum atomic E-state index is 11.5. The van der Waals surface area contributed by atoms with Crippen LogP contribution in [0.15, 0.2) is 30.3 Å². The Morgan fingerprint density at radius 3 is 2.53 bits per heavy atom. The fourth-order valence-electron chi connectivity index (χ4n) is 1.44. The molecule has 106 valence electrons. The van der Waals surface area contributed by atoms with E-state index in [2.05, 4.69) is 0 Å². The van der Waals surface area contributed by atoms with Crippen LogP contribution < -0.4 is 5.73 Å². The second-order valence-electron chi connectivity index (χ2n) is 4.13. The third-order valence-corrected chi connectivity index (χ3v) is 3.25. The van der Waals surface area contributed by atoms with Gasteiger partial charge in [-0.05, 0) is 18.4 Å². The molecular formula is C12H17NO5S. The van der Waals surface area contributed by atoms with E-state index in [1.165, 1.54) is 0 Å². The van der Waals surface area contributed by atoms with Gasteiger partial charge in [0.2, 0.25) is 0 Å². The van der Waals surface area contributed by atoms with Crippen molar-refractivity contribution in [2.45, 2.75) is 25.5 Å². The van der Waals surface area contributed by atoms with E-state index in [9.17, 15) is 13.2 Å². The summed E-state index contributed by atoms with van der Waals surface area (Å²) in [7, 11) is -4.01. The van der Waals surface area contributed by atoms with Crippen LogP contribution in [0.2, 0.25) is 0 Å². The Kier molecular flexibility index (Phi) is 5.94. The minimum Gasteiger partial charge on any atom is -0.460 e. The average molecular weight is 287 g/mol. The zero-order chi connectivity index (χ0) is 14.3. The molecule has 0 aliphatic carbocycles. The monoisotopic (exact) mass is 287 g/mol. The molecule has 0 bridgehead atoms. The molecular weight excluding hydrogens is 270 g/mol. The highest BCUT2D eigenvalue weighted by atomic mass is 32.2. The van der Waals surface area contributed by atoms with Crippen LogP contribution in [0.5, 0.6) is 0 Å². The predicted molar refractivity (Wildman–Crippen MR) is 69.9 cm³/mol. The molecule has 3 N–H and O–H groups in total. The number of hydrogen-bond donors (Lipinski definition) is 2. The third-order valence-electron chi connectivity index (χ3n) is 2.44. The van der Waals surface area contributed by atoms with Gasteiger partial charge in [-0.1, -0.05) is 30.3 Å². The molecule has 0 heterocycles. The van der Waals surface area contributed by atoms with Gasteiger partial charge < -0.3 is 10.5 Å². The summed E-state index contributed by atoms with van der Waals surface area (Å²) in [4.78, 5) is 11.5. The summed E-state index contributed by atoms with van der Waals surface area (Å²) in [5.74, 6) is -0.994. The molecule has 0 fully saturated rings. The highest BCUT2D eigenvalue weighted by Gasteiger charge is 2.16. The first-order chi connectivity index (χ1) is 8.88. The second-order valence-corrected chi connectivity index (χ2v) is 5.70. The Bertz CT molecular complexity index is 500. The Hall–Kier alpha value is -1.44. The molecule has 1 unspecified atom stereocenters. The van der Waals surface area contributed by atoms with E-state index >= 15 is 0 Å². The number of benzene rings is 1. The van der Waals surface area contributed by atoms with Gasteiger partial charge in [0.05, 0.1) is 5.75 Å². The first kappa shape index (κ1) is 15.6. The minimum absolute atomic E-state index is 0.112. The lowest BCUT2D eigenvalue weighted by atomic mass is 10.2. The molecule has 7 heteroatoms. The zero-order valence-electron chi connectivity index (χ0n) is 10.4. The van der Waals surface area contributed by atoms with Crippen molar-refractivity contribution in [2.75, 3.05) is 5.75 Å². The van der Waals surface area contributed by atoms with Gasteiger partial charge in [-0.2, -0.15) is 8.42 Å². The van der Waals surface area contributed by atoms with E-state index in [0.29, 0.717) is 0 Å². The lowest BCUT2D eigenvalue weighted by molar-refractivity contribution is -0.146. The van der Waals surface area contributed by atoms with Crippen LogP contribution in [0.4, 0.5) is 0 Å². The molecule has 0 radical (unpaired) electrons. The first-order valence-corrected chi connectivity index (χ1v) is 7.41. The largest absolute Gasteiger partial charge is 0.460 e. The van der Waals surface area contributed by atoms with Crippen LogP contribution in [0.3, 0.4) is 0 Å². The Morgan fingerprint density at radius 2 is 1.95 bits per heavy atom. The zero-order valence-corrected chi connectivity index (χ0v) is 11.2. The van der Waals surface area contributed by atoms with Crippen molar-refractivity contribution < 1.29 is 22.5 Å². The summed E-state index contributed by atoms with van der Waals surface area (Å²) in [6.45, 7) is 0.131. The number of esters is 1. The van der Waals surface area contributed by atoms with Crippen molar-refractivity contribution in [1.29, 1.82) is 0 Å². The number of nitrogens with two attached hydrogens (primary N) is 1. The number of carbonyl (C=O) groups excluding carboxylic acids is 1. The smallest absolute Gasteiger partial charge is 0.323 e. The predicted octanol–water partition coefficient (Wildman–Crippen LogP) is 0.725. The lowest BCUT2D eigenvalue weighted by Crippen LogP contribution is -2.32. The van der Waals surface area contributed by atoms with Crippen LogP contribution in [-0.2, 0) is 26.3 Å². The van der Waals surface area contributed by atoms with Gasteiger partial charge >= 0.3 is 5.97 Å². The van der Waals surface area contributed by atoms with Crippen molar-refractivity contribution >= 4 is 16.1 Å². The van der Waals surface area contributed by atoms with Gasteiger partial charge in [-0.3, -0.25) is 9.35 Å². The maximum Gasteiger partial charge on any atom is 0.323 e. The Balaban J connectivity index is 2.29. The first-order valence-electron chi connectivity index (χ1n) is 5.80. The summed E-state index contributed by atoms with van der Waals surface area (Å²) in [5.41, 5.74) is 6.41. The van der Waals surface area contributed by atoms with E-state index in [1.54, 1.807) is 0 Å². The molecule has 1 aromatic rings. The number of carbonyl (C=O) groups is 1. The topological polar surface area (TPSA) is 107 Å². The fourth-order valence-corrected chi connectivity index (χ4v) is 1.97.